The van der Waals surface area contributed by atoms with Crippen molar-refractivity contribution in [3.05, 3.63) is 108 Å². The fourth-order valence-corrected chi connectivity index (χ4v) is 5.76. The van der Waals surface area contributed by atoms with Crippen LogP contribution in [0.1, 0.15) is 48.9 Å². The van der Waals surface area contributed by atoms with Crippen molar-refractivity contribution in [1.82, 2.24) is 5.32 Å². The summed E-state index contributed by atoms with van der Waals surface area (Å²) in [5.74, 6) is 0. The number of hydrogen-bond acceptors (Lipinski definition) is 2. The molecule has 2 N–H and O–H groups in total. The van der Waals surface area contributed by atoms with E-state index < -0.39 is 0 Å². The Hall–Kier alpha value is -3.53. The molecule has 2 atom stereocenters. The zero-order valence-electron chi connectivity index (χ0n) is 20.1. The Balaban J connectivity index is 1.71. The number of anilines is 2. The van der Waals surface area contributed by atoms with Gasteiger partial charge in [-0.1, -0.05) is 80.6 Å². The van der Waals surface area contributed by atoms with Gasteiger partial charge in [0.1, 0.15) is 0 Å². The number of amides is 2. The van der Waals surface area contributed by atoms with Crippen LogP contribution in [0, 0.1) is 0 Å². The third kappa shape index (κ3) is 3.67. The maximum atomic E-state index is 12.6. The van der Waals surface area contributed by atoms with Crippen molar-refractivity contribution < 1.29 is 4.79 Å². The molecule has 0 spiro atoms. The Bertz CT molecular complexity index is 1130. The summed E-state index contributed by atoms with van der Waals surface area (Å²) in [5.41, 5.74) is 7.13. The third-order valence-electron chi connectivity index (χ3n) is 7.87. The summed E-state index contributed by atoms with van der Waals surface area (Å²) >= 11 is 0. The first-order chi connectivity index (χ1) is 16.5. The topological polar surface area (TPSA) is 44.4 Å². The van der Waals surface area contributed by atoms with Crippen LogP contribution in [-0.4, -0.2) is 25.7 Å². The van der Waals surface area contributed by atoms with Crippen LogP contribution in [0.4, 0.5) is 16.2 Å². The molecule has 4 heteroatoms. The van der Waals surface area contributed by atoms with Crippen molar-refractivity contribution >= 4 is 17.4 Å². The summed E-state index contributed by atoms with van der Waals surface area (Å²) in [6.45, 7) is 10.9. The van der Waals surface area contributed by atoms with Gasteiger partial charge in [0, 0.05) is 41.8 Å². The molecule has 0 saturated carbocycles. The Morgan fingerprint density at radius 1 is 0.912 bits per heavy atom. The summed E-state index contributed by atoms with van der Waals surface area (Å²) in [6, 6.07) is 25.8. The van der Waals surface area contributed by atoms with Crippen LogP contribution < -0.4 is 15.5 Å². The lowest BCUT2D eigenvalue weighted by Crippen LogP contribution is -2.47. The van der Waals surface area contributed by atoms with E-state index in [4.69, 9.17) is 0 Å². The van der Waals surface area contributed by atoms with Crippen LogP contribution >= 0.6 is 0 Å². The molecular formula is C30H33N3O. The fourth-order valence-electron chi connectivity index (χ4n) is 5.76. The van der Waals surface area contributed by atoms with Gasteiger partial charge < -0.3 is 15.5 Å². The third-order valence-corrected chi connectivity index (χ3v) is 7.87. The van der Waals surface area contributed by atoms with Crippen LogP contribution in [0.2, 0.25) is 0 Å². The summed E-state index contributed by atoms with van der Waals surface area (Å²) < 4.78 is 0. The van der Waals surface area contributed by atoms with Gasteiger partial charge in [0.2, 0.25) is 0 Å². The Labute approximate surface area is 202 Å². The largest absolute Gasteiger partial charge is 0.371 e. The molecule has 2 aliphatic heterocycles. The lowest BCUT2D eigenvalue weighted by atomic mass is 9.64. The molecule has 0 unspecified atom stereocenters. The maximum absolute atomic E-state index is 12.6. The molecule has 0 aromatic heterocycles. The van der Waals surface area contributed by atoms with Gasteiger partial charge >= 0.3 is 6.03 Å². The average molecular weight is 452 g/mol. The smallest absolute Gasteiger partial charge is 0.319 e. The normalized spacial score (nSPS) is 23.1. The van der Waals surface area contributed by atoms with E-state index in [2.05, 4.69) is 109 Å². The van der Waals surface area contributed by atoms with Crippen molar-refractivity contribution in [1.29, 1.82) is 0 Å². The highest BCUT2D eigenvalue weighted by atomic mass is 16.2. The Kier molecular flexibility index (Phi) is 5.68. The number of hydrogen-bond donors (Lipinski definition) is 2. The van der Waals surface area contributed by atoms with Gasteiger partial charge in [-0.25, -0.2) is 4.79 Å². The van der Waals surface area contributed by atoms with Gasteiger partial charge in [-0.15, -0.1) is 6.58 Å². The molecule has 0 saturated heterocycles. The molecule has 0 fully saturated rings. The van der Waals surface area contributed by atoms with Crippen molar-refractivity contribution in [2.24, 2.45) is 0 Å². The molecule has 4 nitrogen and oxygen atoms in total. The second kappa shape index (κ2) is 8.68. The Morgan fingerprint density at radius 2 is 1.41 bits per heavy atom. The van der Waals surface area contributed by atoms with Gasteiger partial charge in [0.05, 0.1) is 0 Å². The molecule has 0 bridgehead atoms. The fraction of sp³-hybridized carbons (Fsp3) is 0.300. The lowest BCUT2D eigenvalue weighted by Gasteiger charge is -2.50. The highest BCUT2D eigenvalue weighted by Crippen LogP contribution is 2.54. The zero-order chi connectivity index (χ0) is 23.8. The monoisotopic (exact) mass is 451 g/mol. The van der Waals surface area contributed by atoms with Crippen LogP contribution in [-0.2, 0) is 10.8 Å². The number of benzene rings is 3. The highest BCUT2D eigenvalue weighted by Gasteiger charge is 2.45. The number of nitrogens with zero attached hydrogens (tertiary/aromatic N) is 1. The van der Waals surface area contributed by atoms with E-state index in [1.54, 1.807) is 6.08 Å². The van der Waals surface area contributed by atoms with Crippen LogP contribution in [0.15, 0.2) is 85.5 Å². The zero-order valence-corrected chi connectivity index (χ0v) is 20.1. The summed E-state index contributed by atoms with van der Waals surface area (Å²) in [7, 11) is 0. The van der Waals surface area contributed by atoms with Gasteiger partial charge in [-0.3, -0.25) is 0 Å². The van der Waals surface area contributed by atoms with E-state index in [1.807, 2.05) is 0 Å². The molecule has 0 aliphatic carbocycles. The standard InChI is InChI=1S/C30H33N3O/c1-4-17-31-28(34)32-24-20-25-27-26(21-24)30(3,23-13-9-6-10-14-23)16-19-33(27)18-15-29(25,2)22-11-7-5-8-12-22/h4-14,20-21H,1,15-19H2,2-3H3,(H2,31,32,34)/t29-,30-/m0/s1. The van der Waals surface area contributed by atoms with Gasteiger partial charge in [0.25, 0.3) is 0 Å². The van der Waals surface area contributed by atoms with E-state index >= 15 is 0 Å². The quantitative estimate of drug-likeness (QED) is 0.452. The van der Waals surface area contributed by atoms with Gasteiger partial charge in [-0.05, 0) is 47.2 Å². The van der Waals surface area contributed by atoms with Crippen molar-refractivity contribution in [2.45, 2.75) is 37.5 Å². The first-order valence-corrected chi connectivity index (χ1v) is 12.2. The average Bonchev–Trinajstić information content (AvgIpc) is 2.87. The molecule has 34 heavy (non-hydrogen) atoms. The molecular weight excluding hydrogens is 418 g/mol. The van der Waals surface area contributed by atoms with Crippen molar-refractivity contribution in [2.75, 3.05) is 29.9 Å². The first kappa shape index (κ1) is 22.3. The number of urea groups is 1. The maximum Gasteiger partial charge on any atom is 0.319 e. The summed E-state index contributed by atoms with van der Waals surface area (Å²) in [5, 5.41) is 5.95. The number of carbonyl (C=O) groups excluding carboxylic acids is 1. The van der Waals surface area contributed by atoms with Crippen LogP contribution in [0.25, 0.3) is 0 Å². The van der Waals surface area contributed by atoms with Gasteiger partial charge in [0.15, 0.2) is 0 Å². The minimum absolute atomic E-state index is 0.133. The van der Waals surface area contributed by atoms with E-state index in [1.165, 1.54) is 27.9 Å². The van der Waals surface area contributed by atoms with E-state index in [-0.39, 0.29) is 16.9 Å². The van der Waals surface area contributed by atoms with Crippen LogP contribution in [0.3, 0.4) is 0 Å². The van der Waals surface area contributed by atoms with E-state index in [0.717, 1.165) is 31.6 Å². The SMILES string of the molecule is C=CCNC(=O)Nc1cc2c3c(c1)[C@](C)(c1ccccc1)CCN3CC[C@@]2(C)c1ccccc1. The molecule has 2 aliphatic rings. The lowest BCUT2D eigenvalue weighted by molar-refractivity contribution is 0.253. The number of nitrogens with one attached hydrogen (secondary N) is 2. The molecule has 174 valence electrons. The minimum atomic E-state index is -0.210. The molecule has 2 amide bonds. The predicted octanol–water partition coefficient (Wildman–Crippen LogP) is 6.22. The Morgan fingerprint density at radius 3 is 1.88 bits per heavy atom. The second-order valence-electron chi connectivity index (χ2n) is 9.93. The van der Waals surface area contributed by atoms with Gasteiger partial charge in [-0.2, -0.15) is 0 Å². The summed E-state index contributed by atoms with van der Waals surface area (Å²) in [4.78, 5) is 15.2. The molecule has 0 radical (unpaired) electrons. The first-order valence-electron chi connectivity index (χ1n) is 12.2. The van der Waals surface area contributed by atoms with E-state index in [9.17, 15) is 4.79 Å². The minimum Gasteiger partial charge on any atom is -0.371 e. The van der Waals surface area contributed by atoms with Crippen molar-refractivity contribution in [3.8, 4) is 0 Å². The van der Waals surface area contributed by atoms with Crippen LogP contribution in [0.5, 0.6) is 0 Å². The molecule has 5 rings (SSSR count). The van der Waals surface area contributed by atoms with Crippen molar-refractivity contribution in [3.63, 3.8) is 0 Å². The molecule has 3 aromatic carbocycles. The van der Waals surface area contributed by atoms with E-state index in [0.29, 0.717) is 6.54 Å². The number of rotatable bonds is 5. The summed E-state index contributed by atoms with van der Waals surface area (Å²) in [6.07, 6.45) is 3.77. The molecule has 3 aromatic rings. The second-order valence-corrected chi connectivity index (χ2v) is 9.93. The number of carbonyl (C=O) groups is 1. The predicted molar refractivity (Wildman–Crippen MR) is 141 cm³/mol. The highest BCUT2D eigenvalue weighted by molar-refractivity contribution is 5.91. The molecule has 2 heterocycles.